The second-order valence-electron chi connectivity index (χ2n) is 4.77. The molecule has 0 aliphatic heterocycles. The van der Waals surface area contributed by atoms with Gasteiger partial charge in [-0.25, -0.2) is 9.48 Å². The number of hydrogen-bond acceptors (Lipinski definition) is 6. The van der Waals surface area contributed by atoms with Crippen LogP contribution in [0.2, 0.25) is 0 Å². The number of hydrogen-bond donors (Lipinski definition) is 2. The molecule has 0 bridgehead atoms. The van der Waals surface area contributed by atoms with Crippen molar-refractivity contribution in [2.45, 2.75) is 43.1 Å². The summed E-state index contributed by atoms with van der Waals surface area (Å²) in [5.41, 5.74) is 4.97. The van der Waals surface area contributed by atoms with Crippen LogP contribution in [0.3, 0.4) is 0 Å². The number of tetrazole rings is 1. The standard InChI is InChI=1S/C10H16N6O2S/c1-5(2)7(8(17)12-9(11)18)19-10-13-14-15-16(10)6-3-4-6/h5-7H,3-4H2,1-2H3,(H3,11,12,17,18)/t7-/m0/s1. The molecule has 19 heavy (non-hydrogen) atoms. The number of primary amides is 1. The van der Waals surface area contributed by atoms with Gasteiger partial charge in [0.25, 0.3) is 0 Å². The molecule has 0 radical (unpaired) electrons. The number of aromatic nitrogens is 4. The van der Waals surface area contributed by atoms with Crippen LogP contribution in [0.25, 0.3) is 0 Å². The van der Waals surface area contributed by atoms with Crippen molar-refractivity contribution in [1.29, 1.82) is 0 Å². The van der Waals surface area contributed by atoms with Crippen LogP contribution >= 0.6 is 11.8 Å². The third-order valence-electron chi connectivity index (χ3n) is 2.70. The van der Waals surface area contributed by atoms with Gasteiger partial charge < -0.3 is 5.73 Å². The number of imide groups is 1. The molecule has 1 aromatic rings. The molecule has 104 valence electrons. The number of carbonyl (C=O) groups is 2. The molecule has 3 amide bonds. The van der Waals surface area contributed by atoms with Crippen molar-refractivity contribution in [3.63, 3.8) is 0 Å². The summed E-state index contributed by atoms with van der Waals surface area (Å²) in [7, 11) is 0. The zero-order chi connectivity index (χ0) is 14.0. The first kappa shape index (κ1) is 13.8. The van der Waals surface area contributed by atoms with E-state index in [-0.39, 0.29) is 5.92 Å². The van der Waals surface area contributed by atoms with E-state index in [4.69, 9.17) is 5.73 Å². The number of nitrogens with two attached hydrogens (primary N) is 1. The molecule has 0 spiro atoms. The van der Waals surface area contributed by atoms with Crippen molar-refractivity contribution in [3.8, 4) is 0 Å². The van der Waals surface area contributed by atoms with E-state index >= 15 is 0 Å². The molecule has 9 heteroatoms. The van der Waals surface area contributed by atoms with Gasteiger partial charge in [0.05, 0.1) is 11.3 Å². The second kappa shape index (κ2) is 5.55. The minimum Gasteiger partial charge on any atom is -0.351 e. The molecule has 1 aliphatic rings. The predicted octanol–water partition coefficient (Wildman–Crippen LogP) is 0.320. The van der Waals surface area contributed by atoms with Crippen LogP contribution < -0.4 is 11.1 Å². The van der Waals surface area contributed by atoms with Gasteiger partial charge in [-0.05, 0) is 29.2 Å². The zero-order valence-electron chi connectivity index (χ0n) is 10.7. The molecular formula is C10H16N6O2S. The predicted molar refractivity (Wildman–Crippen MR) is 68.3 cm³/mol. The summed E-state index contributed by atoms with van der Waals surface area (Å²) in [5.74, 6) is -0.397. The summed E-state index contributed by atoms with van der Waals surface area (Å²) in [6, 6.07) is -0.512. The quantitative estimate of drug-likeness (QED) is 0.752. The van der Waals surface area contributed by atoms with Crippen LogP contribution in [0.4, 0.5) is 4.79 Å². The Kier molecular flexibility index (Phi) is 4.03. The van der Waals surface area contributed by atoms with Crippen LogP contribution in [0, 0.1) is 5.92 Å². The molecule has 0 unspecified atom stereocenters. The zero-order valence-corrected chi connectivity index (χ0v) is 11.6. The number of nitrogens with one attached hydrogen (secondary N) is 1. The van der Waals surface area contributed by atoms with E-state index in [2.05, 4.69) is 20.8 Å². The first-order valence-corrected chi connectivity index (χ1v) is 6.92. The Hall–Kier alpha value is -1.64. The minimum atomic E-state index is -0.849. The largest absolute Gasteiger partial charge is 0.351 e. The highest BCUT2D eigenvalue weighted by Gasteiger charge is 2.32. The Bertz CT molecular complexity index is 484. The van der Waals surface area contributed by atoms with E-state index in [1.165, 1.54) is 11.8 Å². The van der Waals surface area contributed by atoms with E-state index in [0.717, 1.165) is 12.8 Å². The molecule has 8 nitrogen and oxygen atoms in total. The van der Waals surface area contributed by atoms with Crippen LogP contribution in [-0.2, 0) is 4.79 Å². The fourth-order valence-corrected chi connectivity index (χ4v) is 2.65. The Morgan fingerprint density at radius 3 is 2.68 bits per heavy atom. The topological polar surface area (TPSA) is 116 Å². The Labute approximate surface area is 114 Å². The lowest BCUT2D eigenvalue weighted by atomic mass is 10.1. The fourth-order valence-electron chi connectivity index (χ4n) is 1.61. The highest BCUT2D eigenvalue weighted by Crippen LogP contribution is 2.37. The minimum absolute atomic E-state index is 0.0219. The molecule has 2 rings (SSSR count). The maximum Gasteiger partial charge on any atom is 0.318 e. The number of carbonyl (C=O) groups excluding carboxylic acids is 2. The summed E-state index contributed by atoms with van der Waals surface area (Å²) in [5, 5.41) is 13.7. The van der Waals surface area contributed by atoms with Gasteiger partial charge in [0.1, 0.15) is 0 Å². The molecular weight excluding hydrogens is 268 g/mol. The van der Waals surface area contributed by atoms with Crippen LogP contribution in [0.1, 0.15) is 32.7 Å². The lowest BCUT2D eigenvalue weighted by Crippen LogP contribution is -2.42. The van der Waals surface area contributed by atoms with Gasteiger partial charge in [-0.1, -0.05) is 25.6 Å². The molecule has 1 atom stereocenters. The van der Waals surface area contributed by atoms with E-state index in [1.54, 1.807) is 4.68 Å². The molecule has 3 N–H and O–H groups in total. The third kappa shape index (κ3) is 3.43. The smallest absolute Gasteiger partial charge is 0.318 e. The van der Waals surface area contributed by atoms with Crippen molar-refractivity contribution in [3.05, 3.63) is 0 Å². The molecule has 1 fully saturated rings. The summed E-state index contributed by atoms with van der Waals surface area (Å²) < 4.78 is 1.73. The van der Waals surface area contributed by atoms with Crippen LogP contribution in [0.5, 0.6) is 0 Å². The van der Waals surface area contributed by atoms with Crippen LogP contribution in [0.15, 0.2) is 5.16 Å². The fraction of sp³-hybridized carbons (Fsp3) is 0.700. The lowest BCUT2D eigenvalue weighted by Gasteiger charge is -2.17. The molecule has 1 aromatic heterocycles. The van der Waals surface area contributed by atoms with E-state index < -0.39 is 17.2 Å². The molecule has 1 saturated carbocycles. The van der Waals surface area contributed by atoms with Gasteiger partial charge in [-0.2, -0.15) is 0 Å². The van der Waals surface area contributed by atoms with Crippen LogP contribution in [-0.4, -0.2) is 37.4 Å². The normalized spacial score (nSPS) is 16.4. The first-order chi connectivity index (χ1) is 8.99. The number of amides is 3. The highest BCUT2D eigenvalue weighted by molar-refractivity contribution is 8.00. The third-order valence-corrected chi connectivity index (χ3v) is 4.19. The van der Waals surface area contributed by atoms with E-state index in [0.29, 0.717) is 11.2 Å². The molecule has 0 aromatic carbocycles. The first-order valence-electron chi connectivity index (χ1n) is 6.04. The van der Waals surface area contributed by atoms with Crippen molar-refractivity contribution >= 4 is 23.7 Å². The number of nitrogens with zero attached hydrogens (tertiary/aromatic N) is 4. The van der Waals surface area contributed by atoms with Gasteiger partial charge in [-0.15, -0.1) is 5.10 Å². The summed E-state index contributed by atoms with van der Waals surface area (Å²) in [6.07, 6.45) is 2.11. The molecule has 1 heterocycles. The van der Waals surface area contributed by atoms with Gasteiger partial charge >= 0.3 is 6.03 Å². The highest BCUT2D eigenvalue weighted by atomic mass is 32.2. The summed E-state index contributed by atoms with van der Waals surface area (Å²) in [4.78, 5) is 22.7. The lowest BCUT2D eigenvalue weighted by molar-refractivity contribution is -0.120. The Morgan fingerprint density at radius 2 is 2.16 bits per heavy atom. The van der Waals surface area contributed by atoms with E-state index in [1.807, 2.05) is 13.8 Å². The Balaban J connectivity index is 2.09. The number of rotatable bonds is 5. The number of thioether (sulfide) groups is 1. The Morgan fingerprint density at radius 1 is 1.47 bits per heavy atom. The van der Waals surface area contributed by atoms with Crippen molar-refractivity contribution in [2.24, 2.45) is 11.7 Å². The molecule has 0 saturated heterocycles. The maximum absolute atomic E-state index is 11.9. The monoisotopic (exact) mass is 284 g/mol. The average molecular weight is 284 g/mol. The van der Waals surface area contributed by atoms with Gasteiger partial charge in [-0.3, -0.25) is 10.1 Å². The van der Waals surface area contributed by atoms with E-state index in [9.17, 15) is 9.59 Å². The molecule has 1 aliphatic carbocycles. The average Bonchev–Trinajstić information content (AvgIpc) is 3.04. The van der Waals surface area contributed by atoms with Gasteiger partial charge in [0, 0.05) is 0 Å². The van der Waals surface area contributed by atoms with Crippen molar-refractivity contribution in [1.82, 2.24) is 25.5 Å². The summed E-state index contributed by atoms with van der Waals surface area (Å²) >= 11 is 1.26. The second-order valence-corrected chi connectivity index (χ2v) is 5.88. The SMILES string of the molecule is CC(C)[C@H](Sc1nnnn1C1CC1)C(=O)NC(N)=O. The number of urea groups is 1. The van der Waals surface area contributed by atoms with Gasteiger partial charge in [0.15, 0.2) is 0 Å². The van der Waals surface area contributed by atoms with Crippen molar-refractivity contribution in [2.75, 3.05) is 0 Å². The summed E-state index contributed by atoms with van der Waals surface area (Å²) in [6.45, 7) is 3.78. The van der Waals surface area contributed by atoms with Gasteiger partial charge in [0.2, 0.25) is 11.1 Å². The maximum atomic E-state index is 11.9. The van der Waals surface area contributed by atoms with Crippen molar-refractivity contribution < 1.29 is 9.59 Å².